The first kappa shape index (κ1) is 28.3. The molecule has 202 valence electrons. The summed E-state index contributed by atoms with van der Waals surface area (Å²) in [7, 11) is 0. The van der Waals surface area contributed by atoms with Crippen LogP contribution in [0.3, 0.4) is 0 Å². The van der Waals surface area contributed by atoms with E-state index in [2.05, 4.69) is 4.90 Å². The minimum atomic E-state index is -0.439. The summed E-state index contributed by atoms with van der Waals surface area (Å²) < 4.78 is 29.2. The van der Waals surface area contributed by atoms with Gasteiger partial charge in [-0.15, -0.1) is 0 Å². The highest BCUT2D eigenvalue weighted by atomic mass is 19.1. The van der Waals surface area contributed by atoms with Gasteiger partial charge >= 0.3 is 5.97 Å². The average molecular weight is 518 g/mol. The highest BCUT2D eigenvalue weighted by molar-refractivity contribution is 5.86. The molecule has 9 nitrogen and oxygen atoms in total. The Hall–Kier alpha value is -3.24. The van der Waals surface area contributed by atoms with Crippen molar-refractivity contribution < 1.29 is 32.7 Å². The maximum atomic E-state index is 13.5. The van der Waals surface area contributed by atoms with Gasteiger partial charge in [0.25, 0.3) is 0 Å². The zero-order valence-electron chi connectivity index (χ0n) is 21.4. The molecular formula is C27H36FN3O6. The van der Waals surface area contributed by atoms with Gasteiger partial charge in [0.15, 0.2) is 0 Å². The predicted octanol–water partition coefficient (Wildman–Crippen LogP) is 2.84. The Bertz CT molecular complexity index is 977. The van der Waals surface area contributed by atoms with E-state index in [-0.39, 0.29) is 56.7 Å². The average Bonchev–Trinajstić information content (AvgIpc) is 3.41. The maximum Gasteiger partial charge on any atom is 0.306 e. The van der Waals surface area contributed by atoms with Gasteiger partial charge in [-0.1, -0.05) is 12.1 Å². The van der Waals surface area contributed by atoms with E-state index in [1.54, 1.807) is 36.1 Å². The van der Waals surface area contributed by atoms with E-state index in [0.717, 1.165) is 25.2 Å². The van der Waals surface area contributed by atoms with Crippen molar-refractivity contribution >= 4 is 17.8 Å². The Morgan fingerprint density at radius 1 is 1.00 bits per heavy atom. The number of morpholine rings is 1. The lowest BCUT2D eigenvalue weighted by Crippen LogP contribution is -2.44. The normalized spacial score (nSPS) is 13.8. The van der Waals surface area contributed by atoms with Crippen molar-refractivity contribution in [2.24, 2.45) is 0 Å². The molecule has 3 rings (SSSR count). The van der Waals surface area contributed by atoms with Gasteiger partial charge in [-0.3, -0.25) is 19.3 Å². The highest BCUT2D eigenvalue weighted by Gasteiger charge is 2.23. The Labute approximate surface area is 217 Å². The zero-order valence-corrected chi connectivity index (χ0v) is 21.4. The molecule has 1 aliphatic heterocycles. The van der Waals surface area contributed by atoms with Crippen molar-refractivity contribution in [1.29, 1.82) is 0 Å². The number of hydrogen-bond donors (Lipinski definition) is 0. The summed E-state index contributed by atoms with van der Waals surface area (Å²) in [6, 6.07) is 9.47. The molecule has 37 heavy (non-hydrogen) atoms. The topological polar surface area (TPSA) is 92.5 Å². The highest BCUT2D eigenvalue weighted by Crippen LogP contribution is 2.13. The molecule has 2 heterocycles. The van der Waals surface area contributed by atoms with Crippen molar-refractivity contribution in [3.8, 4) is 0 Å². The summed E-state index contributed by atoms with van der Waals surface area (Å²) in [4.78, 5) is 43.7. The lowest BCUT2D eigenvalue weighted by atomic mass is 10.2. The molecule has 10 heteroatoms. The fourth-order valence-corrected chi connectivity index (χ4v) is 4.10. The number of amides is 2. The van der Waals surface area contributed by atoms with Gasteiger partial charge in [0.2, 0.25) is 11.8 Å². The van der Waals surface area contributed by atoms with Gasteiger partial charge in [-0.2, -0.15) is 0 Å². The number of benzene rings is 1. The number of carbonyl (C=O) groups is 3. The third kappa shape index (κ3) is 9.97. The molecule has 0 atom stereocenters. The Morgan fingerprint density at radius 3 is 2.43 bits per heavy atom. The van der Waals surface area contributed by atoms with E-state index in [1.807, 2.05) is 0 Å². The number of esters is 1. The standard InChI is InChI=1S/C27H36FN3O6/c1-2-36-27(34)11-10-25(32)30(13-4-12-29-14-17-35-18-15-29)21-26(33)31(20-24-5-3-16-37-24)19-22-6-8-23(28)9-7-22/h3,5-9,16H,2,4,10-15,17-21H2,1H3. The fraction of sp³-hybridized carbons (Fsp3) is 0.519. The molecule has 0 saturated carbocycles. The second-order valence-electron chi connectivity index (χ2n) is 8.88. The van der Waals surface area contributed by atoms with Crippen LogP contribution >= 0.6 is 0 Å². The van der Waals surface area contributed by atoms with Gasteiger partial charge < -0.3 is 23.7 Å². The van der Waals surface area contributed by atoms with Gasteiger partial charge in [0, 0.05) is 39.1 Å². The summed E-state index contributed by atoms with van der Waals surface area (Å²) in [6.07, 6.45) is 2.16. The fourth-order valence-electron chi connectivity index (χ4n) is 4.10. The van der Waals surface area contributed by atoms with Crippen molar-refractivity contribution in [1.82, 2.24) is 14.7 Å². The third-order valence-electron chi connectivity index (χ3n) is 6.10. The Morgan fingerprint density at radius 2 is 1.76 bits per heavy atom. The molecule has 1 aliphatic rings. The summed E-state index contributed by atoms with van der Waals surface area (Å²) in [5.41, 5.74) is 0.758. The molecule has 2 amide bonds. The van der Waals surface area contributed by atoms with Gasteiger partial charge in [0.1, 0.15) is 11.6 Å². The second kappa shape index (κ2) is 15.1. The smallest absolute Gasteiger partial charge is 0.306 e. The van der Waals surface area contributed by atoms with E-state index < -0.39 is 5.97 Å². The minimum absolute atomic E-state index is 0.0280. The number of furan rings is 1. The number of halogens is 1. The monoisotopic (exact) mass is 517 g/mol. The number of nitrogens with zero attached hydrogens (tertiary/aromatic N) is 3. The first-order valence-electron chi connectivity index (χ1n) is 12.7. The minimum Gasteiger partial charge on any atom is -0.467 e. The van der Waals surface area contributed by atoms with Crippen LogP contribution in [0.1, 0.15) is 37.5 Å². The van der Waals surface area contributed by atoms with Crippen LogP contribution in [0.5, 0.6) is 0 Å². The van der Waals surface area contributed by atoms with E-state index in [4.69, 9.17) is 13.9 Å². The van der Waals surface area contributed by atoms with Crippen molar-refractivity contribution in [3.63, 3.8) is 0 Å². The first-order valence-corrected chi connectivity index (χ1v) is 12.7. The van der Waals surface area contributed by atoms with E-state index in [1.165, 1.54) is 23.3 Å². The van der Waals surface area contributed by atoms with Crippen LogP contribution in [0.2, 0.25) is 0 Å². The summed E-state index contributed by atoms with van der Waals surface area (Å²) in [6.45, 7) is 6.49. The largest absolute Gasteiger partial charge is 0.467 e. The van der Waals surface area contributed by atoms with Crippen molar-refractivity contribution in [2.75, 3.05) is 52.5 Å². The lowest BCUT2D eigenvalue weighted by molar-refractivity contribution is -0.146. The summed E-state index contributed by atoms with van der Waals surface area (Å²) in [5, 5.41) is 0. The van der Waals surface area contributed by atoms with E-state index in [9.17, 15) is 18.8 Å². The molecule has 0 radical (unpaired) electrons. The summed E-state index contributed by atoms with van der Waals surface area (Å²) in [5.74, 6) is -0.736. The number of ether oxygens (including phenoxy) is 2. The van der Waals surface area contributed by atoms with Crippen LogP contribution in [0.4, 0.5) is 4.39 Å². The van der Waals surface area contributed by atoms with E-state index in [0.29, 0.717) is 31.9 Å². The van der Waals surface area contributed by atoms with Crippen molar-refractivity contribution in [2.45, 2.75) is 39.3 Å². The zero-order chi connectivity index (χ0) is 26.5. The van der Waals surface area contributed by atoms with Crippen LogP contribution in [-0.4, -0.2) is 85.0 Å². The van der Waals surface area contributed by atoms with Gasteiger partial charge in [-0.25, -0.2) is 4.39 Å². The van der Waals surface area contributed by atoms with E-state index >= 15 is 0 Å². The molecule has 0 spiro atoms. The molecule has 0 bridgehead atoms. The Kier molecular flexibility index (Phi) is 11.6. The molecule has 1 aromatic heterocycles. The lowest BCUT2D eigenvalue weighted by Gasteiger charge is -2.30. The van der Waals surface area contributed by atoms with Gasteiger partial charge in [0.05, 0.1) is 45.6 Å². The number of carbonyl (C=O) groups excluding carboxylic acids is 3. The summed E-state index contributed by atoms with van der Waals surface area (Å²) >= 11 is 0. The van der Waals surface area contributed by atoms with Crippen LogP contribution in [0.15, 0.2) is 47.1 Å². The molecule has 0 N–H and O–H groups in total. The second-order valence-corrected chi connectivity index (χ2v) is 8.88. The van der Waals surface area contributed by atoms with Crippen LogP contribution in [-0.2, 0) is 36.9 Å². The number of rotatable bonds is 14. The SMILES string of the molecule is CCOC(=O)CCC(=O)N(CCCN1CCOCC1)CC(=O)N(Cc1ccc(F)cc1)Cc1ccco1. The molecular weight excluding hydrogens is 481 g/mol. The predicted molar refractivity (Wildman–Crippen MR) is 134 cm³/mol. The molecule has 2 aromatic rings. The van der Waals surface area contributed by atoms with Crippen LogP contribution in [0.25, 0.3) is 0 Å². The molecule has 1 saturated heterocycles. The maximum absolute atomic E-state index is 13.5. The third-order valence-corrected chi connectivity index (χ3v) is 6.10. The molecule has 0 aliphatic carbocycles. The quantitative estimate of drug-likeness (QED) is 0.356. The molecule has 1 fully saturated rings. The molecule has 0 unspecified atom stereocenters. The Balaban J connectivity index is 1.67. The van der Waals surface area contributed by atoms with Crippen molar-refractivity contribution in [3.05, 3.63) is 59.8 Å². The van der Waals surface area contributed by atoms with Gasteiger partial charge in [-0.05, 0) is 43.2 Å². The van der Waals surface area contributed by atoms with Crippen LogP contribution in [0, 0.1) is 5.82 Å². The number of hydrogen-bond acceptors (Lipinski definition) is 7. The van der Waals surface area contributed by atoms with Crippen LogP contribution < -0.4 is 0 Å². The molecule has 1 aromatic carbocycles. The first-order chi connectivity index (χ1) is 17.9.